The molecule has 7 nitrogen and oxygen atoms in total. The highest BCUT2D eigenvalue weighted by atomic mass is 35.5. The zero-order valence-electron chi connectivity index (χ0n) is 15.9. The number of nitrogens with zero attached hydrogens (tertiary/aromatic N) is 2. The van der Waals surface area contributed by atoms with E-state index >= 15 is 0 Å². The number of Topliss-reactive ketones (excluding diaryl/α,β-unsaturated/α-hetero) is 1. The fourth-order valence-electron chi connectivity index (χ4n) is 3.60. The second kappa shape index (κ2) is 8.04. The number of non-ortho nitro benzene ring substituents is 1. The maximum absolute atomic E-state index is 13.0. The summed E-state index contributed by atoms with van der Waals surface area (Å²) in [7, 11) is 0. The van der Waals surface area contributed by atoms with Crippen molar-refractivity contribution in [3.8, 4) is 0 Å². The van der Waals surface area contributed by atoms with E-state index in [1.807, 2.05) is 0 Å². The average Bonchev–Trinajstić information content (AvgIpc) is 3.04. The molecule has 1 heterocycles. The summed E-state index contributed by atoms with van der Waals surface area (Å²) in [6.07, 6.45) is 0. The van der Waals surface area contributed by atoms with Crippen LogP contribution < -0.4 is 4.90 Å². The molecule has 3 aromatic rings. The highest BCUT2D eigenvalue weighted by Crippen LogP contribution is 2.43. The summed E-state index contributed by atoms with van der Waals surface area (Å²) in [5.74, 6) is -2.12. The Balaban J connectivity index is 1.98. The first-order valence-electron chi connectivity index (χ1n) is 9.25. The average molecular weight is 435 g/mol. The molecule has 1 amide bonds. The Bertz CT molecular complexity index is 1240. The lowest BCUT2D eigenvalue weighted by atomic mass is 9.95. The van der Waals surface area contributed by atoms with Crippen molar-refractivity contribution in [2.24, 2.45) is 0 Å². The Morgan fingerprint density at radius 3 is 2.35 bits per heavy atom. The molecule has 4 rings (SSSR count). The van der Waals surface area contributed by atoms with Gasteiger partial charge >= 0.3 is 0 Å². The van der Waals surface area contributed by atoms with Gasteiger partial charge in [-0.3, -0.25) is 24.6 Å². The van der Waals surface area contributed by atoms with Crippen molar-refractivity contribution in [2.45, 2.75) is 6.04 Å². The van der Waals surface area contributed by atoms with Crippen molar-refractivity contribution in [1.82, 2.24) is 0 Å². The van der Waals surface area contributed by atoms with Gasteiger partial charge in [-0.1, -0.05) is 60.1 Å². The number of hydrogen-bond donors (Lipinski definition) is 1. The van der Waals surface area contributed by atoms with Crippen LogP contribution in [0.1, 0.15) is 17.2 Å². The highest BCUT2D eigenvalue weighted by molar-refractivity contribution is 6.51. The fraction of sp³-hybridized carbons (Fsp3) is 0.0435. The van der Waals surface area contributed by atoms with Crippen molar-refractivity contribution < 1.29 is 19.6 Å². The Hall–Kier alpha value is -3.97. The minimum absolute atomic E-state index is 0.156. The number of anilines is 1. The van der Waals surface area contributed by atoms with E-state index in [9.17, 15) is 24.8 Å². The molecule has 1 atom stereocenters. The van der Waals surface area contributed by atoms with Gasteiger partial charge in [0.25, 0.3) is 17.4 Å². The first-order valence-corrected chi connectivity index (χ1v) is 9.62. The maximum atomic E-state index is 13.0. The molecule has 0 saturated carbocycles. The SMILES string of the molecule is O=C1C(=O)N(c2cccc(Cl)c2)[C@@H](c2cccc([N+](=O)[O-])c2)C1=C(O)c1ccccc1. The van der Waals surface area contributed by atoms with Gasteiger partial charge in [-0.15, -0.1) is 0 Å². The van der Waals surface area contributed by atoms with E-state index < -0.39 is 22.7 Å². The third-order valence-corrected chi connectivity index (χ3v) is 5.21. The molecule has 0 spiro atoms. The number of halogens is 1. The van der Waals surface area contributed by atoms with E-state index in [0.29, 0.717) is 21.8 Å². The van der Waals surface area contributed by atoms with E-state index in [-0.39, 0.29) is 17.0 Å². The number of ketones is 1. The predicted octanol–water partition coefficient (Wildman–Crippen LogP) is 4.87. The molecule has 31 heavy (non-hydrogen) atoms. The van der Waals surface area contributed by atoms with Crippen molar-refractivity contribution >= 4 is 40.4 Å². The van der Waals surface area contributed by atoms with Gasteiger partial charge in [-0.25, -0.2) is 0 Å². The smallest absolute Gasteiger partial charge is 0.300 e. The number of carbonyl (C=O) groups is 2. The van der Waals surface area contributed by atoms with Crippen molar-refractivity contribution in [3.05, 3.63) is 111 Å². The van der Waals surface area contributed by atoms with Gasteiger partial charge in [0, 0.05) is 28.4 Å². The number of amides is 1. The van der Waals surface area contributed by atoms with Crippen LogP contribution in [0.2, 0.25) is 5.02 Å². The van der Waals surface area contributed by atoms with Gasteiger partial charge in [0.1, 0.15) is 5.76 Å². The van der Waals surface area contributed by atoms with Crippen LogP contribution in [0.15, 0.2) is 84.4 Å². The van der Waals surface area contributed by atoms with Crippen LogP contribution in [-0.4, -0.2) is 21.7 Å². The number of benzene rings is 3. The number of carbonyl (C=O) groups excluding carboxylic acids is 2. The zero-order chi connectivity index (χ0) is 22.1. The largest absolute Gasteiger partial charge is 0.507 e. The molecule has 0 aromatic heterocycles. The van der Waals surface area contributed by atoms with Crippen LogP contribution in [0.4, 0.5) is 11.4 Å². The van der Waals surface area contributed by atoms with Gasteiger partial charge < -0.3 is 5.11 Å². The Morgan fingerprint density at radius 1 is 0.968 bits per heavy atom. The van der Waals surface area contributed by atoms with Crippen LogP contribution in [0.5, 0.6) is 0 Å². The number of nitro benzene ring substituents is 1. The lowest BCUT2D eigenvalue weighted by Crippen LogP contribution is -2.29. The minimum Gasteiger partial charge on any atom is -0.507 e. The molecule has 0 unspecified atom stereocenters. The van der Waals surface area contributed by atoms with E-state index in [1.54, 1.807) is 54.6 Å². The van der Waals surface area contributed by atoms with Crippen LogP contribution in [0.3, 0.4) is 0 Å². The maximum Gasteiger partial charge on any atom is 0.300 e. The van der Waals surface area contributed by atoms with Crippen molar-refractivity contribution in [1.29, 1.82) is 0 Å². The molecule has 0 aliphatic carbocycles. The number of hydrogen-bond acceptors (Lipinski definition) is 5. The summed E-state index contributed by atoms with van der Waals surface area (Å²) < 4.78 is 0. The summed E-state index contributed by atoms with van der Waals surface area (Å²) in [5, 5.41) is 22.6. The highest BCUT2D eigenvalue weighted by Gasteiger charge is 2.47. The molecule has 1 fully saturated rings. The van der Waals surface area contributed by atoms with Gasteiger partial charge in [0.2, 0.25) is 0 Å². The van der Waals surface area contributed by atoms with Gasteiger partial charge in [0.15, 0.2) is 0 Å². The molecular formula is C23H15ClN2O5. The first-order chi connectivity index (χ1) is 14.9. The molecular weight excluding hydrogens is 420 g/mol. The molecule has 1 N–H and O–H groups in total. The van der Waals surface area contributed by atoms with Gasteiger partial charge in [-0.05, 0) is 23.8 Å². The quantitative estimate of drug-likeness (QED) is 0.207. The Kier molecular flexibility index (Phi) is 5.27. The molecule has 3 aromatic carbocycles. The molecule has 1 saturated heterocycles. The Labute approximate surface area is 182 Å². The van der Waals surface area contributed by atoms with Crippen molar-refractivity contribution in [2.75, 3.05) is 4.90 Å². The first kappa shape index (κ1) is 20.3. The van der Waals surface area contributed by atoms with E-state index in [1.165, 1.54) is 29.2 Å². The minimum atomic E-state index is -1.07. The number of aliphatic hydroxyl groups is 1. The van der Waals surface area contributed by atoms with Crippen molar-refractivity contribution in [3.63, 3.8) is 0 Å². The van der Waals surface area contributed by atoms with Crippen LogP contribution >= 0.6 is 11.6 Å². The van der Waals surface area contributed by atoms with Gasteiger partial charge in [-0.2, -0.15) is 0 Å². The summed E-state index contributed by atoms with van der Waals surface area (Å²) in [4.78, 5) is 38.0. The number of rotatable bonds is 4. The van der Waals surface area contributed by atoms with E-state index in [0.717, 1.165) is 0 Å². The zero-order valence-corrected chi connectivity index (χ0v) is 16.7. The second-order valence-corrected chi connectivity index (χ2v) is 7.30. The molecule has 154 valence electrons. The van der Waals surface area contributed by atoms with E-state index in [4.69, 9.17) is 11.6 Å². The summed E-state index contributed by atoms with van der Waals surface area (Å²) in [6.45, 7) is 0. The summed E-state index contributed by atoms with van der Waals surface area (Å²) >= 11 is 6.09. The fourth-order valence-corrected chi connectivity index (χ4v) is 3.78. The predicted molar refractivity (Wildman–Crippen MR) is 116 cm³/mol. The third-order valence-electron chi connectivity index (χ3n) is 4.97. The Morgan fingerprint density at radius 2 is 1.68 bits per heavy atom. The standard InChI is InChI=1S/C23H15ClN2O5/c24-16-9-5-10-17(13-16)25-20(15-8-4-11-18(12-15)26(30)31)19(22(28)23(25)29)21(27)14-6-2-1-3-7-14/h1-13,20,27H/t20-/m0/s1. The van der Waals surface area contributed by atoms with Crippen LogP contribution in [-0.2, 0) is 9.59 Å². The summed E-state index contributed by atoms with van der Waals surface area (Å²) in [6, 6.07) is 19.2. The van der Waals surface area contributed by atoms with E-state index in [2.05, 4.69) is 0 Å². The molecule has 1 aliphatic heterocycles. The lowest BCUT2D eigenvalue weighted by Gasteiger charge is -2.25. The lowest BCUT2D eigenvalue weighted by molar-refractivity contribution is -0.384. The second-order valence-electron chi connectivity index (χ2n) is 6.87. The summed E-state index contributed by atoms with van der Waals surface area (Å²) in [5.41, 5.74) is 0.636. The monoisotopic (exact) mass is 434 g/mol. The molecule has 0 radical (unpaired) electrons. The molecule has 8 heteroatoms. The molecule has 0 bridgehead atoms. The topological polar surface area (TPSA) is 101 Å². The number of nitro groups is 1. The van der Waals surface area contributed by atoms with Gasteiger partial charge in [0.05, 0.1) is 16.5 Å². The third kappa shape index (κ3) is 3.67. The van der Waals surface area contributed by atoms with Crippen LogP contribution in [0.25, 0.3) is 5.76 Å². The van der Waals surface area contributed by atoms with Crippen LogP contribution in [0, 0.1) is 10.1 Å². The molecule has 1 aliphatic rings. The number of aliphatic hydroxyl groups excluding tert-OH is 1. The normalized spacial score (nSPS) is 17.7.